The van der Waals surface area contributed by atoms with Gasteiger partial charge in [0.1, 0.15) is 0 Å². The molecule has 2 unspecified atom stereocenters. The Hall–Kier alpha value is -2.48. The number of likely N-dealkylation sites (tertiary alicyclic amines) is 1. The maximum absolute atomic E-state index is 13.1. The lowest BCUT2D eigenvalue weighted by molar-refractivity contribution is -0.120. The Morgan fingerprint density at radius 2 is 1.85 bits per heavy atom. The van der Waals surface area contributed by atoms with Crippen molar-refractivity contribution in [2.75, 3.05) is 27.4 Å². The molecule has 0 spiro atoms. The molecule has 0 bridgehead atoms. The Labute approximate surface area is 153 Å². The number of carbonyl (C=O) groups is 2. The summed E-state index contributed by atoms with van der Waals surface area (Å²) in [4.78, 5) is 25.9. The van der Waals surface area contributed by atoms with Crippen LogP contribution in [0.15, 0.2) is 12.1 Å². The quantitative estimate of drug-likeness (QED) is 0.742. The number of nitrogens with zero attached hydrogens (tertiary/aromatic N) is 1. The van der Waals surface area contributed by atoms with Crippen molar-refractivity contribution in [2.45, 2.75) is 38.3 Å². The van der Waals surface area contributed by atoms with Crippen LogP contribution in [0, 0.1) is 0 Å². The van der Waals surface area contributed by atoms with Gasteiger partial charge in [0.25, 0.3) is 11.8 Å². The summed E-state index contributed by atoms with van der Waals surface area (Å²) in [7, 11) is 2.90. The SMILES string of the molecule is COc1cc(C(=O)N2CCCCC2C(C)N)cc(OC)c1OCC(N)=O. The summed E-state index contributed by atoms with van der Waals surface area (Å²) in [5, 5.41) is 0. The van der Waals surface area contributed by atoms with E-state index in [0.717, 1.165) is 19.3 Å². The summed E-state index contributed by atoms with van der Waals surface area (Å²) >= 11 is 0. The van der Waals surface area contributed by atoms with E-state index in [4.69, 9.17) is 25.7 Å². The molecule has 0 saturated carbocycles. The van der Waals surface area contributed by atoms with E-state index in [1.165, 1.54) is 14.2 Å². The standard InChI is InChI=1S/C18H27N3O5/c1-11(19)13-6-4-5-7-21(13)18(23)12-8-14(24-2)17(15(9-12)25-3)26-10-16(20)22/h8-9,11,13H,4-7,10,19H2,1-3H3,(H2,20,22). The van der Waals surface area contributed by atoms with Crippen molar-refractivity contribution in [3.05, 3.63) is 17.7 Å². The zero-order valence-electron chi connectivity index (χ0n) is 15.5. The number of hydrogen-bond acceptors (Lipinski definition) is 6. The number of benzene rings is 1. The highest BCUT2D eigenvalue weighted by Gasteiger charge is 2.31. The number of ether oxygens (including phenoxy) is 3. The van der Waals surface area contributed by atoms with E-state index >= 15 is 0 Å². The normalized spacial score (nSPS) is 18.2. The Morgan fingerprint density at radius 1 is 1.23 bits per heavy atom. The Balaban J connectivity index is 2.36. The third kappa shape index (κ3) is 4.37. The highest BCUT2D eigenvalue weighted by Crippen LogP contribution is 2.39. The molecule has 0 aliphatic carbocycles. The summed E-state index contributed by atoms with van der Waals surface area (Å²) in [6.07, 6.45) is 2.89. The molecule has 144 valence electrons. The van der Waals surface area contributed by atoms with Crippen LogP contribution in [-0.2, 0) is 4.79 Å². The van der Waals surface area contributed by atoms with Crippen molar-refractivity contribution >= 4 is 11.8 Å². The van der Waals surface area contributed by atoms with Gasteiger partial charge in [0, 0.05) is 24.2 Å². The molecule has 1 heterocycles. The van der Waals surface area contributed by atoms with Crippen molar-refractivity contribution in [3.63, 3.8) is 0 Å². The third-order valence-electron chi connectivity index (χ3n) is 4.48. The molecule has 4 N–H and O–H groups in total. The van der Waals surface area contributed by atoms with Crippen molar-refractivity contribution in [2.24, 2.45) is 11.5 Å². The number of nitrogens with two attached hydrogens (primary N) is 2. The predicted octanol–water partition coefficient (Wildman–Crippen LogP) is 0.910. The fraction of sp³-hybridized carbons (Fsp3) is 0.556. The molecule has 1 aromatic rings. The zero-order valence-corrected chi connectivity index (χ0v) is 15.5. The molecule has 0 radical (unpaired) electrons. The van der Waals surface area contributed by atoms with Crippen LogP contribution in [-0.4, -0.2) is 56.2 Å². The lowest BCUT2D eigenvalue weighted by Crippen LogP contribution is -2.51. The summed E-state index contributed by atoms with van der Waals surface area (Å²) in [5.41, 5.74) is 11.6. The Morgan fingerprint density at radius 3 is 2.35 bits per heavy atom. The van der Waals surface area contributed by atoms with E-state index in [0.29, 0.717) is 23.6 Å². The van der Waals surface area contributed by atoms with E-state index in [1.54, 1.807) is 12.1 Å². The Bertz CT molecular complexity index is 637. The molecule has 2 rings (SSSR count). The van der Waals surface area contributed by atoms with Crippen LogP contribution in [0.5, 0.6) is 17.2 Å². The highest BCUT2D eigenvalue weighted by atomic mass is 16.5. The predicted molar refractivity (Wildman–Crippen MR) is 96.6 cm³/mol. The van der Waals surface area contributed by atoms with E-state index < -0.39 is 5.91 Å². The van der Waals surface area contributed by atoms with Gasteiger partial charge in [-0.15, -0.1) is 0 Å². The first kappa shape index (κ1) is 19.8. The van der Waals surface area contributed by atoms with Crippen LogP contribution in [0.3, 0.4) is 0 Å². The van der Waals surface area contributed by atoms with E-state index in [9.17, 15) is 9.59 Å². The first-order valence-corrected chi connectivity index (χ1v) is 8.62. The molecule has 8 nitrogen and oxygen atoms in total. The molecule has 8 heteroatoms. The number of methoxy groups -OCH3 is 2. The molecule has 0 aromatic heterocycles. The first-order valence-electron chi connectivity index (χ1n) is 8.62. The Kier molecular flexibility index (Phi) is 6.68. The molecule has 1 fully saturated rings. The van der Waals surface area contributed by atoms with E-state index in [2.05, 4.69) is 0 Å². The largest absolute Gasteiger partial charge is 0.493 e. The number of hydrogen-bond donors (Lipinski definition) is 2. The fourth-order valence-electron chi connectivity index (χ4n) is 3.21. The summed E-state index contributed by atoms with van der Waals surface area (Å²) in [6.45, 7) is 2.26. The van der Waals surface area contributed by atoms with Crippen LogP contribution in [0.4, 0.5) is 0 Å². The monoisotopic (exact) mass is 365 g/mol. The van der Waals surface area contributed by atoms with Crippen molar-refractivity contribution in [3.8, 4) is 17.2 Å². The van der Waals surface area contributed by atoms with Crippen molar-refractivity contribution in [1.82, 2.24) is 4.90 Å². The van der Waals surface area contributed by atoms with Gasteiger partial charge in [-0.3, -0.25) is 9.59 Å². The number of carbonyl (C=O) groups excluding carboxylic acids is 2. The van der Waals surface area contributed by atoms with Crippen LogP contribution in [0.25, 0.3) is 0 Å². The van der Waals surface area contributed by atoms with Crippen molar-refractivity contribution < 1.29 is 23.8 Å². The smallest absolute Gasteiger partial charge is 0.255 e. The first-order chi connectivity index (χ1) is 12.4. The van der Waals surface area contributed by atoms with Gasteiger partial charge in [-0.2, -0.15) is 0 Å². The third-order valence-corrected chi connectivity index (χ3v) is 4.48. The van der Waals surface area contributed by atoms with Crippen LogP contribution >= 0.6 is 0 Å². The molecule has 2 atom stereocenters. The van der Waals surface area contributed by atoms with E-state index in [1.807, 2.05) is 11.8 Å². The maximum Gasteiger partial charge on any atom is 0.255 e. The minimum Gasteiger partial charge on any atom is -0.493 e. The van der Waals surface area contributed by atoms with Gasteiger partial charge < -0.3 is 30.6 Å². The van der Waals surface area contributed by atoms with E-state index in [-0.39, 0.29) is 30.3 Å². The van der Waals surface area contributed by atoms with Gasteiger partial charge in [0.15, 0.2) is 18.1 Å². The molecular weight excluding hydrogens is 338 g/mol. The van der Waals surface area contributed by atoms with Gasteiger partial charge in [0.2, 0.25) is 5.75 Å². The minimum atomic E-state index is -0.623. The molecular formula is C18H27N3O5. The fourth-order valence-corrected chi connectivity index (χ4v) is 3.21. The number of piperidine rings is 1. The van der Waals surface area contributed by atoms with Gasteiger partial charge in [-0.1, -0.05) is 0 Å². The summed E-state index contributed by atoms with van der Waals surface area (Å²) in [6, 6.07) is 3.04. The van der Waals surface area contributed by atoms with Crippen LogP contribution in [0.2, 0.25) is 0 Å². The molecule has 2 amide bonds. The lowest BCUT2D eigenvalue weighted by Gasteiger charge is -2.38. The van der Waals surface area contributed by atoms with Crippen molar-refractivity contribution in [1.29, 1.82) is 0 Å². The minimum absolute atomic E-state index is 0.000900. The number of amides is 2. The number of rotatable bonds is 7. The van der Waals surface area contributed by atoms with Gasteiger partial charge in [-0.05, 0) is 38.3 Å². The second-order valence-electron chi connectivity index (χ2n) is 6.39. The number of primary amides is 1. The van der Waals surface area contributed by atoms with Gasteiger partial charge in [-0.25, -0.2) is 0 Å². The average molecular weight is 365 g/mol. The van der Waals surface area contributed by atoms with Gasteiger partial charge in [0.05, 0.1) is 14.2 Å². The lowest BCUT2D eigenvalue weighted by atomic mass is 9.96. The molecule has 1 saturated heterocycles. The van der Waals surface area contributed by atoms with Gasteiger partial charge >= 0.3 is 0 Å². The molecule has 1 aromatic carbocycles. The second kappa shape index (κ2) is 8.75. The zero-order chi connectivity index (χ0) is 19.3. The van der Waals surface area contributed by atoms with Crippen LogP contribution < -0.4 is 25.7 Å². The molecule has 26 heavy (non-hydrogen) atoms. The molecule has 1 aliphatic heterocycles. The highest BCUT2D eigenvalue weighted by molar-refractivity contribution is 5.96. The second-order valence-corrected chi connectivity index (χ2v) is 6.39. The average Bonchev–Trinajstić information content (AvgIpc) is 2.64. The molecule has 1 aliphatic rings. The summed E-state index contributed by atoms with van der Waals surface area (Å²) < 4.78 is 16.0. The maximum atomic E-state index is 13.1. The van der Waals surface area contributed by atoms with Crippen LogP contribution in [0.1, 0.15) is 36.5 Å². The topological polar surface area (TPSA) is 117 Å². The summed E-state index contributed by atoms with van der Waals surface area (Å²) in [5.74, 6) is 0.0618.